The van der Waals surface area contributed by atoms with Crippen molar-refractivity contribution in [3.05, 3.63) is 34.9 Å². The Bertz CT molecular complexity index is 408. The monoisotopic (exact) mass is 290 g/mol. The van der Waals surface area contributed by atoms with E-state index in [2.05, 4.69) is 0 Å². The molecule has 1 aromatic rings. The molecule has 0 saturated heterocycles. The first-order valence-corrected chi connectivity index (χ1v) is 5.94. The van der Waals surface area contributed by atoms with Gasteiger partial charge in [-0.15, -0.1) is 12.4 Å². The van der Waals surface area contributed by atoms with Gasteiger partial charge in [0.15, 0.2) is 0 Å². The second kappa shape index (κ2) is 6.98. The molecule has 1 rings (SSSR count). The Hall–Kier alpha value is -0.770. The van der Waals surface area contributed by atoms with Crippen LogP contribution in [0.1, 0.15) is 24.2 Å². The van der Waals surface area contributed by atoms with Crippen LogP contribution in [0.5, 0.6) is 0 Å². The summed E-state index contributed by atoms with van der Waals surface area (Å²) in [5, 5.41) is 0.572. The zero-order chi connectivity index (χ0) is 13.1. The van der Waals surface area contributed by atoms with Crippen molar-refractivity contribution < 1.29 is 4.79 Å². The molecule has 18 heavy (non-hydrogen) atoms. The Morgan fingerprint density at radius 2 is 2.06 bits per heavy atom. The summed E-state index contributed by atoms with van der Waals surface area (Å²) in [6.07, 6.45) is 0. The normalized spacial score (nSPS) is 10.7. The van der Waals surface area contributed by atoms with Gasteiger partial charge in [0.1, 0.15) is 0 Å². The fraction of sp³-hybridized carbons (Fsp3) is 0.462. The molecule has 0 bridgehead atoms. The number of hydrogen-bond acceptors (Lipinski definition) is 2. The van der Waals surface area contributed by atoms with E-state index in [4.69, 9.17) is 17.3 Å². The maximum absolute atomic E-state index is 12.1. The minimum absolute atomic E-state index is 0. The van der Waals surface area contributed by atoms with Gasteiger partial charge in [0.2, 0.25) is 0 Å². The molecular weight excluding hydrogens is 271 g/mol. The molecule has 0 aromatic heterocycles. The zero-order valence-electron chi connectivity index (χ0n) is 10.9. The largest absolute Gasteiger partial charge is 0.341 e. The average molecular weight is 291 g/mol. The third-order valence-electron chi connectivity index (χ3n) is 2.64. The molecule has 3 nitrogen and oxygen atoms in total. The fourth-order valence-corrected chi connectivity index (χ4v) is 1.81. The SMILES string of the molecule is CN(CC(C)(C)CN)C(=O)c1cccc(Cl)c1.Cl. The molecule has 0 fully saturated rings. The average Bonchev–Trinajstić information content (AvgIpc) is 2.27. The summed E-state index contributed by atoms with van der Waals surface area (Å²) in [5.74, 6) is -0.0333. The smallest absolute Gasteiger partial charge is 0.253 e. The van der Waals surface area contributed by atoms with E-state index in [9.17, 15) is 4.79 Å². The van der Waals surface area contributed by atoms with Crippen LogP contribution in [0.15, 0.2) is 24.3 Å². The van der Waals surface area contributed by atoms with Gasteiger partial charge in [-0.25, -0.2) is 0 Å². The molecule has 0 saturated carbocycles. The summed E-state index contributed by atoms with van der Waals surface area (Å²) in [4.78, 5) is 13.8. The van der Waals surface area contributed by atoms with E-state index in [0.29, 0.717) is 23.7 Å². The summed E-state index contributed by atoms with van der Waals surface area (Å²) in [6.45, 7) is 5.23. The van der Waals surface area contributed by atoms with Gasteiger partial charge in [-0.1, -0.05) is 31.5 Å². The van der Waals surface area contributed by atoms with Crippen molar-refractivity contribution in [2.75, 3.05) is 20.1 Å². The molecule has 0 radical (unpaired) electrons. The van der Waals surface area contributed by atoms with E-state index < -0.39 is 0 Å². The van der Waals surface area contributed by atoms with E-state index in [0.717, 1.165) is 0 Å². The summed E-state index contributed by atoms with van der Waals surface area (Å²) in [5.41, 5.74) is 6.18. The summed E-state index contributed by atoms with van der Waals surface area (Å²) in [6, 6.07) is 6.97. The highest BCUT2D eigenvalue weighted by molar-refractivity contribution is 6.30. The molecule has 102 valence electrons. The van der Waals surface area contributed by atoms with Crippen molar-refractivity contribution >= 4 is 29.9 Å². The van der Waals surface area contributed by atoms with E-state index in [-0.39, 0.29) is 23.7 Å². The van der Waals surface area contributed by atoms with E-state index in [1.54, 1.807) is 36.2 Å². The second-order valence-corrected chi connectivity index (χ2v) is 5.48. The number of amides is 1. The molecule has 0 unspecified atom stereocenters. The predicted molar refractivity (Wildman–Crippen MR) is 78.5 cm³/mol. The minimum atomic E-state index is -0.0804. The molecule has 1 aromatic carbocycles. The highest BCUT2D eigenvalue weighted by Crippen LogP contribution is 2.17. The third-order valence-corrected chi connectivity index (χ3v) is 2.87. The van der Waals surface area contributed by atoms with Crippen molar-refractivity contribution in [1.82, 2.24) is 4.90 Å². The van der Waals surface area contributed by atoms with Crippen molar-refractivity contribution in [2.24, 2.45) is 11.1 Å². The van der Waals surface area contributed by atoms with E-state index in [1.807, 2.05) is 13.8 Å². The molecule has 0 atom stereocenters. The number of hydrogen-bond donors (Lipinski definition) is 1. The number of carbonyl (C=O) groups excluding carboxylic acids is 1. The lowest BCUT2D eigenvalue weighted by molar-refractivity contribution is 0.0740. The van der Waals surface area contributed by atoms with Crippen LogP contribution in [0.2, 0.25) is 5.02 Å². The molecule has 2 N–H and O–H groups in total. The number of halogens is 2. The minimum Gasteiger partial charge on any atom is -0.341 e. The number of benzene rings is 1. The second-order valence-electron chi connectivity index (χ2n) is 5.04. The van der Waals surface area contributed by atoms with Gasteiger partial charge in [-0.3, -0.25) is 4.79 Å². The van der Waals surface area contributed by atoms with E-state index >= 15 is 0 Å². The van der Waals surface area contributed by atoms with Crippen LogP contribution >= 0.6 is 24.0 Å². The Morgan fingerprint density at radius 1 is 1.44 bits per heavy atom. The number of nitrogens with zero attached hydrogens (tertiary/aromatic N) is 1. The maximum Gasteiger partial charge on any atom is 0.253 e. The van der Waals surface area contributed by atoms with Gasteiger partial charge in [0, 0.05) is 24.2 Å². The Morgan fingerprint density at radius 3 is 2.56 bits per heavy atom. The van der Waals surface area contributed by atoms with Crippen LogP contribution < -0.4 is 5.73 Å². The van der Waals surface area contributed by atoms with Crippen LogP contribution in [0.25, 0.3) is 0 Å². The first-order valence-electron chi connectivity index (χ1n) is 5.57. The Kier molecular flexibility index (Phi) is 6.68. The molecule has 5 heteroatoms. The van der Waals surface area contributed by atoms with Crippen LogP contribution in [0.4, 0.5) is 0 Å². The van der Waals surface area contributed by atoms with Gasteiger partial charge in [-0.05, 0) is 30.2 Å². The van der Waals surface area contributed by atoms with Crippen molar-refractivity contribution in [3.8, 4) is 0 Å². The fourth-order valence-electron chi connectivity index (χ4n) is 1.62. The first kappa shape index (κ1) is 17.2. The number of nitrogens with two attached hydrogens (primary N) is 1. The summed E-state index contributed by atoms with van der Waals surface area (Å²) < 4.78 is 0. The zero-order valence-corrected chi connectivity index (χ0v) is 12.5. The maximum atomic E-state index is 12.1. The number of carbonyl (C=O) groups is 1. The van der Waals surface area contributed by atoms with Gasteiger partial charge in [0.05, 0.1) is 0 Å². The molecule has 0 heterocycles. The molecule has 0 aliphatic rings. The molecule has 0 spiro atoms. The molecule has 0 aliphatic heterocycles. The van der Waals surface area contributed by atoms with Crippen molar-refractivity contribution in [2.45, 2.75) is 13.8 Å². The summed E-state index contributed by atoms with van der Waals surface area (Å²) in [7, 11) is 1.78. The highest BCUT2D eigenvalue weighted by atomic mass is 35.5. The predicted octanol–water partition coefficient (Wildman–Crippen LogP) is 2.82. The number of rotatable bonds is 4. The standard InChI is InChI=1S/C13H19ClN2O.ClH/c1-13(2,8-15)9-16(3)12(17)10-5-4-6-11(14)7-10;/h4-7H,8-9,15H2,1-3H3;1H. The van der Waals surface area contributed by atoms with Crippen molar-refractivity contribution in [1.29, 1.82) is 0 Å². The van der Waals surface area contributed by atoms with Gasteiger partial charge >= 0.3 is 0 Å². The van der Waals surface area contributed by atoms with Gasteiger partial charge < -0.3 is 10.6 Å². The first-order chi connectivity index (χ1) is 7.85. The van der Waals surface area contributed by atoms with Gasteiger partial charge in [0.25, 0.3) is 5.91 Å². The van der Waals surface area contributed by atoms with Gasteiger partial charge in [-0.2, -0.15) is 0 Å². The third kappa shape index (κ3) is 4.84. The molecular formula is C13H20Cl2N2O. The molecule has 1 amide bonds. The lowest BCUT2D eigenvalue weighted by Crippen LogP contribution is -2.39. The van der Waals surface area contributed by atoms with E-state index in [1.165, 1.54) is 0 Å². The van der Waals surface area contributed by atoms with Crippen LogP contribution in [-0.2, 0) is 0 Å². The lowest BCUT2D eigenvalue weighted by Gasteiger charge is -2.29. The Labute approximate surface area is 120 Å². The van der Waals surface area contributed by atoms with Crippen LogP contribution in [0, 0.1) is 5.41 Å². The van der Waals surface area contributed by atoms with Crippen LogP contribution in [0.3, 0.4) is 0 Å². The highest BCUT2D eigenvalue weighted by Gasteiger charge is 2.21. The summed E-state index contributed by atoms with van der Waals surface area (Å²) >= 11 is 5.86. The topological polar surface area (TPSA) is 46.3 Å². The van der Waals surface area contributed by atoms with Crippen molar-refractivity contribution in [3.63, 3.8) is 0 Å². The van der Waals surface area contributed by atoms with Crippen LogP contribution in [-0.4, -0.2) is 30.9 Å². The Balaban J connectivity index is 0.00000289. The lowest BCUT2D eigenvalue weighted by atomic mass is 9.93. The molecule has 0 aliphatic carbocycles. The quantitative estimate of drug-likeness (QED) is 0.927.